The summed E-state index contributed by atoms with van der Waals surface area (Å²) in [5.41, 5.74) is 2.03. The summed E-state index contributed by atoms with van der Waals surface area (Å²) >= 11 is 5.97. The number of carbonyl (C=O) groups is 1. The Morgan fingerprint density at radius 1 is 0.969 bits per heavy atom. The van der Waals surface area contributed by atoms with Gasteiger partial charge in [0, 0.05) is 48.9 Å². The van der Waals surface area contributed by atoms with Crippen LogP contribution in [-0.4, -0.2) is 59.7 Å². The maximum absolute atomic E-state index is 12.6. The second kappa shape index (κ2) is 10.3. The number of benzene rings is 2. The van der Waals surface area contributed by atoms with Crippen molar-refractivity contribution in [3.63, 3.8) is 0 Å². The monoisotopic (exact) mass is 456 g/mol. The summed E-state index contributed by atoms with van der Waals surface area (Å²) in [4.78, 5) is 17.2. The Morgan fingerprint density at radius 3 is 2.22 bits per heavy atom. The quantitative estimate of drug-likeness (QED) is 0.610. The van der Waals surface area contributed by atoms with Crippen molar-refractivity contribution in [1.82, 2.24) is 4.90 Å². The van der Waals surface area contributed by atoms with Crippen LogP contribution in [0.2, 0.25) is 5.02 Å². The molecule has 2 saturated heterocycles. The van der Waals surface area contributed by atoms with Crippen molar-refractivity contribution >= 4 is 23.1 Å². The molecule has 0 aromatic heterocycles. The molecule has 6 heteroatoms. The highest BCUT2D eigenvalue weighted by Gasteiger charge is 2.33. The van der Waals surface area contributed by atoms with Crippen molar-refractivity contribution in [3.05, 3.63) is 64.7 Å². The largest absolute Gasteiger partial charge is 0.393 e. The highest BCUT2D eigenvalue weighted by atomic mass is 35.5. The number of halogens is 1. The molecule has 0 bridgehead atoms. The standard InChI is InChI=1S/C26H33ClN2O3/c27-22-7-5-21(6-8-22)26(32)13-18-28(19-14-26)15-1-2-25(31)20-3-9-23(10-4-20)29-16-11-24(30)12-17-29/h3-10,24,30,32H,1-2,11-19H2. The van der Waals surface area contributed by atoms with Gasteiger partial charge in [0.05, 0.1) is 11.7 Å². The van der Waals surface area contributed by atoms with E-state index >= 15 is 0 Å². The summed E-state index contributed by atoms with van der Waals surface area (Å²) in [6, 6.07) is 15.4. The van der Waals surface area contributed by atoms with Gasteiger partial charge >= 0.3 is 0 Å². The normalized spacial score (nSPS) is 19.8. The third-order valence-electron chi connectivity index (χ3n) is 6.96. The van der Waals surface area contributed by atoms with E-state index < -0.39 is 5.60 Å². The molecule has 2 aliphatic heterocycles. The summed E-state index contributed by atoms with van der Waals surface area (Å²) in [7, 11) is 0. The van der Waals surface area contributed by atoms with Gasteiger partial charge in [0.2, 0.25) is 0 Å². The number of rotatable bonds is 7. The number of hydrogen-bond donors (Lipinski definition) is 2. The predicted molar refractivity (Wildman–Crippen MR) is 128 cm³/mol. The average molecular weight is 457 g/mol. The molecule has 0 unspecified atom stereocenters. The van der Waals surface area contributed by atoms with Gasteiger partial charge in [-0.3, -0.25) is 4.79 Å². The van der Waals surface area contributed by atoms with Gasteiger partial charge in [-0.15, -0.1) is 0 Å². The zero-order chi connectivity index (χ0) is 22.6. The molecular weight excluding hydrogens is 424 g/mol. The number of Topliss-reactive ketones (excluding diaryl/α,β-unsaturated/α-hetero) is 1. The SMILES string of the molecule is O=C(CCCN1CCC(O)(c2ccc(Cl)cc2)CC1)c1ccc(N2CCC(O)CC2)cc1. The first kappa shape index (κ1) is 23.2. The number of anilines is 1. The number of nitrogens with zero attached hydrogens (tertiary/aromatic N) is 2. The van der Waals surface area contributed by atoms with E-state index in [0.717, 1.165) is 68.8 Å². The highest BCUT2D eigenvalue weighted by molar-refractivity contribution is 6.30. The second-order valence-corrected chi connectivity index (χ2v) is 9.61. The van der Waals surface area contributed by atoms with E-state index in [0.29, 0.717) is 24.3 Å². The average Bonchev–Trinajstić information content (AvgIpc) is 2.81. The predicted octanol–water partition coefficient (Wildman–Crippen LogP) is 4.25. The number of likely N-dealkylation sites (tertiary alicyclic amines) is 1. The molecule has 2 aliphatic rings. The molecule has 0 aliphatic carbocycles. The molecule has 32 heavy (non-hydrogen) atoms. The fourth-order valence-electron chi connectivity index (χ4n) is 4.79. The molecule has 0 amide bonds. The smallest absolute Gasteiger partial charge is 0.162 e. The molecule has 0 spiro atoms. The Bertz CT molecular complexity index is 884. The number of piperidine rings is 2. The van der Waals surface area contributed by atoms with E-state index in [4.69, 9.17) is 11.6 Å². The van der Waals surface area contributed by atoms with Gasteiger partial charge in [0.1, 0.15) is 0 Å². The van der Waals surface area contributed by atoms with Crippen LogP contribution < -0.4 is 4.90 Å². The third-order valence-corrected chi connectivity index (χ3v) is 7.21. The molecule has 4 rings (SSSR count). The number of hydrogen-bond acceptors (Lipinski definition) is 5. The summed E-state index contributed by atoms with van der Waals surface area (Å²) < 4.78 is 0. The van der Waals surface area contributed by atoms with Crippen LogP contribution >= 0.6 is 11.6 Å². The highest BCUT2D eigenvalue weighted by Crippen LogP contribution is 2.33. The van der Waals surface area contributed by atoms with E-state index in [1.165, 1.54) is 0 Å². The summed E-state index contributed by atoms with van der Waals surface area (Å²) in [6.45, 7) is 4.24. The van der Waals surface area contributed by atoms with Crippen LogP contribution in [0.25, 0.3) is 0 Å². The van der Waals surface area contributed by atoms with Crippen LogP contribution in [0.15, 0.2) is 48.5 Å². The van der Waals surface area contributed by atoms with E-state index in [1.54, 1.807) is 0 Å². The Morgan fingerprint density at radius 2 is 1.59 bits per heavy atom. The van der Waals surface area contributed by atoms with E-state index in [9.17, 15) is 15.0 Å². The van der Waals surface area contributed by atoms with Crippen LogP contribution in [0.4, 0.5) is 5.69 Å². The molecule has 0 atom stereocenters. The Balaban J connectivity index is 1.20. The minimum absolute atomic E-state index is 0.181. The zero-order valence-corrected chi connectivity index (χ0v) is 19.3. The summed E-state index contributed by atoms with van der Waals surface area (Å²) in [6.07, 6.45) is 4.16. The summed E-state index contributed by atoms with van der Waals surface area (Å²) in [5, 5.41) is 21.3. The molecule has 2 aromatic rings. The van der Waals surface area contributed by atoms with E-state index in [2.05, 4.69) is 9.80 Å². The number of ketones is 1. The topological polar surface area (TPSA) is 64.0 Å². The van der Waals surface area contributed by atoms with Gasteiger partial charge in [-0.2, -0.15) is 0 Å². The van der Waals surface area contributed by atoms with Gasteiger partial charge in [-0.25, -0.2) is 0 Å². The van der Waals surface area contributed by atoms with Crippen molar-refractivity contribution in [2.45, 2.75) is 50.2 Å². The molecule has 0 radical (unpaired) electrons. The van der Waals surface area contributed by atoms with Crippen LogP contribution in [0.1, 0.15) is 54.4 Å². The fourth-order valence-corrected chi connectivity index (χ4v) is 4.91. The van der Waals surface area contributed by atoms with E-state index in [1.807, 2.05) is 48.5 Å². The van der Waals surface area contributed by atoms with Crippen molar-refractivity contribution in [1.29, 1.82) is 0 Å². The van der Waals surface area contributed by atoms with Gasteiger partial charge in [-0.1, -0.05) is 23.7 Å². The lowest BCUT2D eigenvalue weighted by molar-refractivity contribution is -0.0260. The molecule has 2 aromatic carbocycles. The van der Waals surface area contributed by atoms with Gasteiger partial charge in [0.15, 0.2) is 5.78 Å². The van der Waals surface area contributed by atoms with Crippen LogP contribution in [-0.2, 0) is 5.60 Å². The molecule has 2 N–H and O–H groups in total. The van der Waals surface area contributed by atoms with Crippen molar-refractivity contribution in [3.8, 4) is 0 Å². The van der Waals surface area contributed by atoms with Crippen LogP contribution in [0.3, 0.4) is 0 Å². The molecule has 2 fully saturated rings. The zero-order valence-electron chi connectivity index (χ0n) is 18.5. The maximum Gasteiger partial charge on any atom is 0.162 e. The van der Waals surface area contributed by atoms with Crippen molar-refractivity contribution < 1.29 is 15.0 Å². The lowest BCUT2D eigenvalue weighted by atomic mass is 9.84. The van der Waals surface area contributed by atoms with Gasteiger partial charge in [0.25, 0.3) is 0 Å². The molecule has 172 valence electrons. The molecular formula is C26H33ClN2O3. The van der Waals surface area contributed by atoms with Crippen molar-refractivity contribution in [2.75, 3.05) is 37.6 Å². The Labute approximate surface area is 195 Å². The van der Waals surface area contributed by atoms with Crippen LogP contribution in [0.5, 0.6) is 0 Å². The molecule has 0 saturated carbocycles. The number of aliphatic hydroxyl groups excluding tert-OH is 1. The van der Waals surface area contributed by atoms with Gasteiger partial charge in [-0.05, 0) is 80.6 Å². The first-order valence-electron chi connectivity index (χ1n) is 11.7. The Kier molecular flexibility index (Phi) is 7.51. The lowest BCUT2D eigenvalue weighted by Crippen LogP contribution is -2.42. The minimum atomic E-state index is -0.787. The third kappa shape index (κ3) is 5.70. The molecule has 2 heterocycles. The maximum atomic E-state index is 12.6. The van der Waals surface area contributed by atoms with Gasteiger partial charge < -0.3 is 20.0 Å². The number of carbonyl (C=O) groups excluding carboxylic acids is 1. The second-order valence-electron chi connectivity index (χ2n) is 9.17. The van der Waals surface area contributed by atoms with E-state index in [-0.39, 0.29) is 11.9 Å². The first-order valence-corrected chi connectivity index (χ1v) is 12.1. The molecule has 5 nitrogen and oxygen atoms in total. The Hall–Kier alpha value is -1.92. The fraction of sp³-hybridized carbons (Fsp3) is 0.500. The first-order chi connectivity index (χ1) is 15.4. The van der Waals surface area contributed by atoms with Crippen molar-refractivity contribution in [2.24, 2.45) is 0 Å². The number of aliphatic hydroxyl groups is 2. The minimum Gasteiger partial charge on any atom is -0.393 e. The van der Waals surface area contributed by atoms with Crippen LogP contribution in [0, 0.1) is 0 Å². The lowest BCUT2D eigenvalue weighted by Gasteiger charge is -2.38. The summed E-state index contributed by atoms with van der Waals surface area (Å²) in [5.74, 6) is 0.181.